The zero-order chi connectivity index (χ0) is 8.55. The van der Waals surface area contributed by atoms with Crippen LogP contribution in [0.3, 0.4) is 0 Å². The smallest absolute Gasteiger partial charge is 0.119 e. The quantitative estimate of drug-likeness (QED) is 0.685. The van der Waals surface area contributed by atoms with Crippen molar-refractivity contribution >= 4 is 5.76 Å². The van der Waals surface area contributed by atoms with Crippen molar-refractivity contribution in [2.75, 3.05) is 7.11 Å². The number of aliphatic hydroxyl groups is 1. The molecule has 0 saturated carbocycles. The number of hydrogen-bond acceptors (Lipinski definition) is 2. The van der Waals surface area contributed by atoms with Gasteiger partial charge in [-0.1, -0.05) is 6.07 Å². The van der Waals surface area contributed by atoms with E-state index in [0.29, 0.717) is 5.76 Å². The Balaban J connectivity index is 2.50. The molecule has 0 fully saturated rings. The predicted molar refractivity (Wildman–Crippen MR) is 47.3 cm³/mol. The fourth-order valence-corrected chi connectivity index (χ4v) is 1.42. The van der Waals surface area contributed by atoms with Crippen molar-refractivity contribution in [2.24, 2.45) is 0 Å². The molecule has 0 amide bonds. The first-order valence-corrected chi connectivity index (χ1v) is 3.87. The van der Waals surface area contributed by atoms with Gasteiger partial charge in [-0.05, 0) is 30.2 Å². The van der Waals surface area contributed by atoms with Crippen molar-refractivity contribution in [2.45, 2.75) is 6.42 Å². The lowest BCUT2D eigenvalue weighted by molar-refractivity contribution is 0.414. The van der Waals surface area contributed by atoms with Gasteiger partial charge in [0.15, 0.2) is 0 Å². The molecule has 1 aliphatic carbocycles. The first kappa shape index (κ1) is 7.22. The molecule has 1 aliphatic rings. The first-order chi connectivity index (χ1) is 5.81. The molecule has 0 saturated heterocycles. The van der Waals surface area contributed by atoms with Crippen LogP contribution in [0, 0.1) is 0 Å². The van der Waals surface area contributed by atoms with Crippen LogP contribution in [-0.2, 0) is 6.42 Å². The monoisotopic (exact) mass is 162 g/mol. The van der Waals surface area contributed by atoms with E-state index >= 15 is 0 Å². The van der Waals surface area contributed by atoms with Crippen LogP contribution in [0.2, 0.25) is 0 Å². The second-order valence-corrected chi connectivity index (χ2v) is 2.82. The third kappa shape index (κ3) is 0.961. The van der Waals surface area contributed by atoms with Crippen LogP contribution in [0.15, 0.2) is 24.3 Å². The minimum absolute atomic E-state index is 0.365. The van der Waals surface area contributed by atoms with Gasteiger partial charge in [0, 0.05) is 5.56 Å². The summed E-state index contributed by atoms with van der Waals surface area (Å²) in [5.41, 5.74) is 2.06. The number of benzene rings is 1. The van der Waals surface area contributed by atoms with Gasteiger partial charge in [0.2, 0.25) is 0 Å². The van der Waals surface area contributed by atoms with Gasteiger partial charge < -0.3 is 9.84 Å². The highest BCUT2D eigenvalue weighted by Gasteiger charge is 2.12. The van der Waals surface area contributed by atoms with Gasteiger partial charge in [0.1, 0.15) is 11.5 Å². The number of methoxy groups -OCH3 is 1. The molecule has 62 valence electrons. The van der Waals surface area contributed by atoms with Crippen molar-refractivity contribution in [3.8, 4) is 5.75 Å². The Labute approximate surface area is 71.1 Å². The zero-order valence-corrected chi connectivity index (χ0v) is 6.87. The number of hydrogen-bond donors (Lipinski definition) is 1. The van der Waals surface area contributed by atoms with Crippen LogP contribution < -0.4 is 4.74 Å². The molecule has 0 unspecified atom stereocenters. The SMILES string of the molecule is COc1ccc2c(c1)C(O)=CC2. The second kappa shape index (κ2) is 2.55. The molecule has 2 rings (SSSR count). The van der Waals surface area contributed by atoms with E-state index in [1.807, 2.05) is 24.3 Å². The fraction of sp³-hybridized carbons (Fsp3) is 0.200. The highest BCUT2D eigenvalue weighted by Crippen LogP contribution is 2.28. The summed E-state index contributed by atoms with van der Waals surface area (Å²) in [4.78, 5) is 0. The second-order valence-electron chi connectivity index (χ2n) is 2.82. The van der Waals surface area contributed by atoms with E-state index in [9.17, 15) is 5.11 Å². The lowest BCUT2D eigenvalue weighted by Crippen LogP contribution is -1.87. The van der Waals surface area contributed by atoms with Crippen molar-refractivity contribution in [3.05, 3.63) is 35.4 Å². The Morgan fingerprint density at radius 3 is 3.00 bits per heavy atom. The third-order valence-electron chi connectivity index (χ3n) is 2.11. The van der Waals surface area contributed by atoms with Gasteiger partial charge in [-0.15, -0.1) is 0 Å². The van der Waals surface area contributed by atoms with Crippen LogP contribution in [0.1, 0.15) is 11.1 Å². The summed E-state index contributed by atoms with van der Waals surface area (Å²) in [7, 11) is 1.62. The van der Waals surface area contributed by atoms with E-state index in [1.54, 1.807) is 7.11 Å². The van der Waals surface area contributed by atoms with E-state index in [-0.39, 0.29) is 0 Å². The van der Waals surface area contributed by atoms with Gasteiger partial charge in [0.25, 0.3) is 0 Å². The molecular formula is C10H10O2. The van der Waals surface area contributed by atoms with Crippen molar-refractivity contribution in [1.82, 2.24) is 0 Å². The number of aliphatic hydroxyl groups excluding tert-OH is 1. The highest BCUT2D eigenvalue weighted by molar-refractivity contribution is 5.68. The summed E-state index contributed by atoms with van der Waals surface area (Å²) in [6.07, 6.45) is 2.63. The number of allylic oxidation sites excluding steroid dienone is 1. The highest BCUT2D eigenvalue weighted by atomic mass is 16.5. The molecule has 0 aliphatic heterocycles. The normalized spacial score (nSPS) is 13.9. The van der Waals surface area contributed by atoms with Crippen LogP contribution in [0.5, 0.6) is 5.75 Å². The van der Waals surface area contributed by atoms with Crippen LogP contribution in [-0.4, -0.2) is 12.2 Å². The van der Waals surface area contributed by atoms with Gasteiger partial charge in [0.05, 0.1) is 7.11 Å². The van der Waals surface area contributed by atoms with E-state index in [0.717, 1.165) is 23.3 Å². The molecule has 12 heavy (non-hydrogen) atoms. The molecule has 0 heterocycles. The van der Waals surface area contributed by atoms with E-state index in [1.165, 1.54) is 0 Å². The van der Waals surface area contributed by atoms with Gasteiger partial charge in [-0.2, -0.15) is 0 Å². The van der Waals surface area contributed by atoms with Crippen molar-refractivity contribution in [1.29, 1.82) is 0 Å². The van der Waals surface area contributed by atoms with Crippen LogP contribution in [0.4, 0.5) is 0 Å². The molecule has 0 radical (unpaired) electrons. The first-order valence-electron chi connectivity index (χ1n) is 3.87. The molecule has 0 aromatic heterocycles. The maximum absolute atomic E-state index is 9.41. The molecule has 0 spiro atoms. The lowest BCUT2D eigenvalue weighted by Gasteiger charge is -2.03. The fourth-order valence-electron chi connectivity index (χ4n) is 1.42. The van der Waals surface area contributed by atoms with Crippen molar-refractivity contribution in [3.63, 3.8) is 0 Å². The molecular weight excluding hydrogens is 152 g/mol. The molecule has 1 N–H and O–H groups in total. The third-order valence-corrected chi connectivity index (χ3v) is 2.11. The topological polar surface area (TPSA) is 29.5 Å². The van der Waals surface area contributed by atoms with Gasteiger partial charge in [-0.25, -0.2) is 0 Å². The molecule has 1 aromatic carbocycles. The Hall–Kier alpha value is -1.44. The van der Waals surface area contributed by atoms with Gasteiger partial charge in [-0.3, -0.25) is 0 Å². The number of rotatable bonds is 1. The van der Waals surface area contributed by atoms with Gasteiger partial charge >= 0.3 is 0 Å². The Bertz CT molecular complexity index is 340. The Kier molecular flexibility index (Phi) is 1.54. The molecule has 2 heteroatoms. The van der Waals surface area contributed by atoms with Crippen LogP contribution in [0.25, 0.3) is 5.76 Å². The molecule has 1 aromatic rings. The Morgan fingerprint density at radius 1 is 1.42 bits per heavy atom. The number of fused-ring (bicyclic) bond motifs is 1. The summed E-state index contributed by atoms with van der Waals surface area (Å²) in [6, 6.07) is 5.74. The summed E-state index contributed by atoms with van der Waals surface area (Å²) in [5, 5.41) is 9.41. The zero-order valence-electron chi connectivity index (χ0n) is 6.87. The van der Waals surface area contributed by atoms with E-state index < -0.39 is 0 Å². The van der Waals surface area contributed by atoms with Crippen LogP contribution >= 0.6 is 0 Å². The maximum Gasteiger partial charge on any atom is 0.119 e. The largest absolute Gasteiger partial charge is 0.508 e. The summed E-state index contributed by atoms with van der Waals surface area (Å²) in [6.45, 7) is 0. The van der Waals surface area contributed by atoms with E-state index in [4.69, 9.17) is 4.74 Å². The minimum Gasteiger partial charge on any atom is -0.508 e. The lowest BCUT2D eigenvalue weighted by atomic mass is 10.1. The average Bonchev–Trinajstić information content (AvgIpc) is 2.47. The van der Waals surface area contributed by atoms with Crippen molar-refractivity contribution < 1.29 is 9.84 Å². The summed E-state index contributed by atoms with van der Waals surface area (Å²) < 4.78 is 5.05. The summed E-state index contributed by atoms with van der Waals surface area (Å²) >= 11 is 0. The average molecular weight is 162 g/mol. The molecule has 0 atom stereocenters. The maximum atomic E-state index is 9.41. The minimum atomic E-state index is 0.365. The standard InChI is InChI=1S/C10H10O2/c1-12-8-4-2-7-3-5-10(11)9(7)6-8/h2,4-6,11H,3H2,1H3. The Morgan fingerprint density at radius 2 is 2.25 bits per heavy atom. The molecule has 2 nitrogen and oxygen atoms in total. The molecule has 0 bridgehead atoms. The predicted octanol–water partition coefficient (Wildman–Crippen LogP) is 2.15. The van der Waals surface area contributed by atoms with E-state index in [2.05, 4.69) is 0 Å². The summed E-state index contributed by atoms with van der Waals surface area (Å²) in [5.74, 6) is 1.15. The number of ether oxygens (including phenoxy) is 1.